The molecule has 0 aliphatic rings. The molecule has 0 aliphatic heterocycles. The lowest BCUT2D eigenvalue weighted by Crippen LogP contribution is -2.36. The first-order chi connectivity index (χ1) is 12.3. The summed E-state index contributed by atoms with van der Waals surface area (Å²) in [5.74, 6) is -1.94. The van der Waals surface area contributed by atoms with Crippen LogP contribution in [0.25, 0.3) is 0 Å². The molecular formula is C18H21NO6S. The number of hydrogen-bond donors (Lipinski definition) is 1. The number of nitrogens with one attached hydrogen (secondary N) is 1. The van der Waals surface area contributed by atoms with Crippen molar-refractivity contribution >= 4 is 21.7 Å². The van der Waals surface area contributed by atoms with Crippen molar-refractivity contribution in [2.75, 3.05) is 6.54 Å². The van der Waals surface area contributed by atoms with Crippen molar-refractivity contribution in [2.45, 2.75) is 37.0 Å². The molecule has 1 atom stereocenters. The minimum absolute atomic E-state index is 0.146. The van der Waals surface area contributed by atoms with Gasteiger partial charge in [0.05, 0.1) is 16.9 Å². The van der Waals surface area contributed by atoms with Gasteiger partial charge >= 0.3 is 5.97 Å². The lowest BCUT2D eigenvalue weighted by Gasteiger charge is -2.12. The predicted octanol–water partition coefficient (Wildman–Crippen LogP) is 2.33. The fraction of sp³-hybridized carbons (Fsp3) is 0.333. The van der Waals surface area contributed by atoms with Gasteiger partial charge in [-0.3, -0.25) is 4.79 Å². The van der Waals surface area contributed by atoms with Crippen LogP contribution in [0.1, 0.15) is 36.4 Å². The summed E-state index contributed by atoms with van der Waals surface area (Å²) < 4.78 is 35.1. The summed E-state index contributed by atoms with van der Waals surface area (Å²) in [6.07, 6.45) is 0.957. The van der Waals surface area contributed by atoms with Crippen LogP contribution in [0.3, 0.4) is 0 Å². The number of benzene rings is 1. The molecule has 2 rings (SSSR count). The average molecular weight is 379 g/mol. The molecule has 1 heterocycles. The highest BCUT2D eigenvalue weighted by molar-refractivity contribution is 7.90. The Kier molecular flexibility index (Phi) is 6.57. The number of furan rings is 1. The zero-order chi connectivity index (χ0) is 19.2. The second-order valence-electron chi connectivity index (χ2n) is 5.69. The third-order valence-electron chi connectivity index (χ3n) is 3.58. The van der Waals surface area contributed by atoms with Gasteiger partial charge in [-0.2, -0.15) is 0 Å². The van der Waals surface area contributed by atoms with E-state index in [9.17, 15) is 18.0 Å². The Labute approximate surface area is 152 Å². The minimum atomic E-state index is -3.64. The topological polar surface area (TPSA) is 103 Å². The van der Waals surface area contributed by atoms with Crippen LogP contribution in [-0.4, -0.2) is 32.9 Å². The summed E-state index contributed by atoms with van der Waals surface area (Å²) >= 11 is 0. The minimum Gasteiger partial charge on any atom is -0.457 e. The maximum Gasteiger partial charge on any atom is 0.375 e. The average Bonchev–Trinajstić information content (AvgIpc) is 3.07. The number of rotatable bonds is 8. The SMILES string of the molecule is CCCNC(=O)C(C)OC(=O)c1occc1CS(=O)(=O)c1ccccc1. The third-order valence-corrected chi connectivity index (χ3v) is 5.26. The van der Waals surface area contributed by atoms with Crippen LogP contribution >= 0.6 is 0 Å². The first-order valence-corrected chi connectivity index (χ1v) is 9.83. The van der Waals surface area contributed by atoms with Gasteiger partial charge in [0.2, 0.25) is 5.76 Å². The third kappa shape index (κ3) is 4.95. The second-order valence-corrected chi connectivity index (χ2v) is 7.68. The van der Waals surface area contributed by atoms with Crippen molar-refractivity contribution in [1.82, 2.24) is 5.32 Å². The molecule has 0 fully saturated rings. The zero-order valence-corrected chi connectivity index (χ0v) is 15.4. The molecule has 1 N–H and O–H groups in total. The quantitative estimate of drug-likeness (QED) is 0.706. The van der Waals surface area contributed by atoms with Gasteiger partial charge in [0.25, 0.3) is 5.91 Å². The monoisotopic (exact) mass is 379 g/mol. The van der Waals surface area contributed by atoms with Crippen LogP contribution < -0.4 is 5.32 Å². The molecule has 0 aliphatic carbocycles. The maximum atomic E-state index is 12.5. The van der Waals surface area contributed by atoms with E-state index in [0.717, 1.165) is 6.42 Å². The van der Waals surface area contributed by atoms with Crippen LogP contribution in [0, 0.1) is 0 Å². The van der Waals surface area contributed by atoms with Gasteiger partial charge in [-0.1, -0.05) is 25.1 Å². The summed E-state index contributed by atoms with van der Waals surface area (Å²) in [5, 5.41) is 2.61. The van der Waals surface area contributed by atoms with Crippen LogP contribution in [0.15, 0.2) is 52.0 Å². The smallest absolute Gasteiger partial charge is 0.375 e. The Morgan fingerprint density at radius 3 is 2.54 bits per heavy atom. The van der Waals surface area contributed by atoms with Crippen LogP contribution in [0.5, 0.6) is 0 Å². The van der Waals surface area contributed by atoms with Gasteiger partial charge in [0, 0.05) is 12.1 Å². The second kappa shape index (κ2) is 8.66. The van der Waals surface area contributed by atoms with E-state index in [4.69, 9.17) is 9.15 Å². The molecule has 0 spiro atoms. The number of amides is 1. The maximum absolute atomic E-state index is 12.5. The van der Waals surface area contributed by atoms with Gasteiger partial charge in [0.15, 0.2) is 15.9 Å². The van der Waals surface area contributed by atoms with E-state index in [1.807, 2.05) is 6.92 Å². The molecule has 1 amide bonds. The molecule has 1 unspecified atom stereocenters. The van der Waals surface area contributed by atoms with Crippen LogP contribution in [-0.2, 0) is 25.1 Å². The summed E-state index contributed by atoms with van der Waals surface area (Å²) in [6.45, 7) is 3.81. The first kappa shape index (κ1) is 19.7. The Balaban J connectivity index is 2.10. The van der Waals surface area contributed by atoms with Crippen molar-refractivity contribution in [3.8, 4) is 0 Å². The van der Waals surface area contributed by atoms with Gasteiger partial charge in [-0.25, -0.2) is 13.2 Å². The fourth-order valence-corrected chi connectivity index (χ4v) is 3.58. The number of ether oxygens (including phenoxy) is 1. The molecule has 0 saturated carbocycles. The summed E-state index contributed by atoms with van der Waals surface area (Å²) in [6, 6.07) is 9.31. The van der Waals surface area contributed by atoms with Crippen LogP contribution in [0.2, 0.25) is 0 Å². The highest BCUT2D eigenvalue weighted by Crippen LogP contribution is 2.20. The van der Waals surface area contributed by atoms with E-state index in [0.29, 0.717) is 6.54 Å². The van der Waals surface area contributed by atoms with E-state index in [1.54, 1.807) is 18.2 Å². The lowest BCUT2D eigenvalue weighted by molar-refractivity contribution is -0.129. The van der Waals surface area contributed by atoms with Crippen molar-refractivity contribution in [1.29, 1.82) is 0 Å². The highest BCUT2D eigenvalue weighted by Gasteiger charge is 2.26. The molecule has 8 heteroatoms. The number of carbonyl (C=O) groups excluding carboxylic acids is 2. The predicted molar refractivity (Wildman–Crippen MR) is 94.2 cm³/mol. The van der Waals surface area contributed by atoms with E-state index in [2.05, 4.69) is 5.32 Å². The number of carbonyl (C=O) groups is 2. The Bertz CT molecular complexity index is 857. The largest absolute Gasteiger partial charge is 0.457 e. The number of sulfone groups is 1. The van der Waals surface area contributed by atoms with Crippen LogP contribution in [0.4, 0.5) is 0 Å². The Morgan fingerprint density at radius 1 is 1.19 bits per heavy atom. The van der Waals surface area contributed by atoms with E-state index >= 15 is 0 Å². The van der Waals surface area contributed by atoms with Gasteiger partial charge < -0.3 is 14.5 Å². The Hall–Kier alpha value is -2.61. The van der Waals surface area contributed by atoms with Crippen molar-refractivity contribution < 1.29 is 27.2 Å². The van der Waals surface area contributed by atoms with Gasteiger partial charge in [0.1, 0.15) is 0 Å². The normalized spacial score (nSPS) is 12.4. The number of esters is 1. The molecule has 1 aromatic carbocycles. The zero-order valence-electron chi connectivity index (χ0n) is 14.6. The Morgan fingerprint density at radius 2 is 1.88 bits per heavy atom. The van der Waals surface area contributed by atoms with Gasteiger partial charge in [-0.05, 0) is 31.5 Å². The van der Waals surface area contributed by atoms with Crippen molar-refractivity contribution in [2.24, 2.45) is 0 Å². The van der Waals surface area contributed by atoms with E-state index < -0.39 is 33.6 Å². The number of hydrogen-bond acceptors (Lipinski definition) is 6. The van der Waals surface area contributed by atoms with Crippen molar-refractivity contribution in [3.63, 3.8) is 0 Å². The summed E-state index contributed by atoms with van der Waals surface area (Å²) in [5.41, 5.74) is 0.181. The molecule has 2 aromatic rings. The highest BCUT2D eigenvalue weighted by atomic mass is 32.2. The molecule has 1 aromatic heterocycles. The lowest BCUT2D eigenvalue weighted by atomic mass is 10.3. The van der Waals surface area contributed by atoms with Crippen molar-refractivity contribution in [3.05, 3.63) is 54.0 Å². The summed E-state index contributed by atoms with van der Waals surface area (Å²) in [4.78, 5) is 24.2. The first-order valence-electron chi connectivity index (χ1n) is 8.18. The molecular weight excluding hydrogens is 358 g/mol. The van der Waals surface area contributed by atoms with E-state index in [-0.39, 0.29) is 16.2 Å². The fourth-order valence-electron chi connectivity index (χ4n) is 2.20. The van der Waals surface area contributed by atoms with Gasteiger partial charge in [-0.15, -0.1) is 0 Å². The molecule has 0 saturated heterocycles. The molecule has 0 bridgehead atoms. The van der Waals surface area contributed by atoms with E-state index in [1.165, 1.54) is 31.4 Å². The standard InChI is InChI=1S/C18H21NO6S/c1-3-10-19-17(20)13(2)25-18(21)16-14(9-11-24-16)12-26(22,23)15-7-5-4-6-8-15/h4-9,11,13H,3,10,12H2,1-2H3,(H,19,20). The molecule has 140 valence electrons. The molecule has 26 heavy (non-hydrogen) atoms. The molecule has 0 radical (unpaired) electrons. The molecule has 7 nitrogen and oxygen atoms in total. The summed E-state index contributed by atoms with van der Waals surface area (Å²) in [7, 11) is -3.64.